The van der Waals surface area contributed by atoms with Crippen LogP contribution in [0.15, 0.2) is 30.3 Å². The fourth-order valence-corrected chi connectivity index (χ4v) is 2.79. The minimum absolute atomic E-state index is 0.138. The van der Waals surface area contributed by atoms with Crippen molar-refractivity contribution < 1.29 is 4.79 Å². The van der Waals surface area contributed by atoms with Crippen LogP contribution in [0.3, 0.4) is 0 Å². The molecule has 0 spiro atoms. The quantitative estimate of drug-likeness (QED) is 0.749. The molecule has 0 fully saturated rings. The SMILES string of the molecule is Cc1cc(C(=O)Cc2ccccc2Cl)sc1C. The van der Waals surface area contributed by atoms with Crippen molar-refractivity contribution in [3.63, 3.8) is 0 Å². The molecule has 0 saturated carbocycles. The highest BCUT2D eigenvalue weighted by Crippen LogP contribution is 2.23. The van der Waals surface area contributed by atoms with E-state index in [0.29, 0.717) is 11.4 Å². The van der Waals surface area contributed by atoms with Crippen molar-refractivity contribution in [3.05, 3.63) is 56.2 Å². The molecule has 0 atom stereocenters. The summed E-state index contributed by atoms with van der Waals surface area (Å²) in [5.41, 5.74) is 2.07. The maximum absolute atomic E-state index is 12.1. The number of carbonyl (C=O) groups is 1. The second-order valence-corrected chi connectivity index (χ2v) is 5.70. The molecule has 0 radical (unpaired) electrons. The molecular weight excluding hydrogens is 252 g/mol. The molecule has 0 N–H and O–H groups in total. The fourth-order valence-electron chi connectivity index (χ4n) is 1.61. The van der Waals surface area contributed by atoms with E-state index in [-0.39, 0.29) is 5.78 Å². The summed E-state index contributed by atoms with van der Waals surface area (Å²) in [6, 6.07) is 9.44. The summed E-state index contributed by atoms with van der Waals surface area (Å²) >= 11 is 7.60. The first-order valence-corrected chi connectivity index (χ1v) is 6.61. The van der Waals surface area contributed by atoms with Crippen LogP contribution < -0.4 is 0 Å². The molecule has 17 heavy (non-hydrogen) atoms. The van der Waals surface area contributed by atoms with Crippen LogP contribution in [0.5, 0.6) is 0 Å². The lowest BCUT2D eigenvalue weighted by Crippen LogP contribution is -2.01. The Kier molecular flexibility index (Phi) is 3.65. The molecule has 3 heteroatoms. The number of aryl methyl sites for hydroxylation is 2. The second-order valence-electron chi connectivity index (χ2n) is 4.04. The monoisotopic (exact) mass is 264 g/mol. The summed E-state index contributed by atoms with van der Waals surface area (Å²) in [7, 11) is 0. The molecule has 0 unspecified atom stereocenters. The van der Waals surface area contributed by atoms with E-state index in [9.17, 15) is 4.79 Å². The van der Waals surface area contributed by atoms with Crippen LogP contribution in [0.2, 0.25) is 5.02 Å². The van der Waals surface area contributed by atoms with E-state index in [0.717, 1.165) is 10.4 Å². The lowest BCUT2D eigenvalue weighted by atomic mass is 10.1. The maximum Gasteiger partial charge on any atom is 0.177 e. The van der Waals surface area contributed by atoms with Crippen LogP contribution in [0.4, 0.5) is 0 Å². The Morgan fingerprint density at radius 3 is 2.59 bits per heavy atom. The van der Waals surface area contributed by atoms with E-state index >= 15 is 0 Å². The molecule has 1 aromatic heterocycles. The number of Topliss-reactive ketones (excluding diaryl/α,β-unsaturated/α-hetero) is 1. The van der Waals surface area contributed by atoms with Crippen molar-refractivity contribution in [2.45, 2.75) is 20.3 Å². The summed E-state index contributed by atoms with van der Waals surface area (Å²) in [6.07, 6.45) is 0.374. The van der Waals surface area contributed by atoms with Crippen LogP contribution in [-0.2, 0) is 6.42 Å². The van der Waals surface area contributed by atoms with Crippen molar-refractivity contribution in [1.82, 2.24) is 0 Å². The second kappa shape index (κ2) is 5.03. The lowest BCUT2D eigenvalue weighted by molar-refractivity contribution is 0.0997. The highest BCUT2D eigenvalue weighted by Gasteiger charge is 2.12. The van der Waals surface area contributed by atoms with Crippen molar-refractivity contribution in [1.29, 1.82) is 0 Å². The van der Waals surface area contributed by atoms with E-state index in [2.05, 4.69) is 0 Å². The topological polar surface area (TPSA) is 17.1 Å². The van der Waals surface area contributed by atoms with Gasteiger partial charge in [0.25, 0.3) is 0 Å². The molecule has 1 nitrogen and oxygen atoms in total. The van der Waals surface area contributed by atoms with Gasteiger partial charge in [0.2, 0.25) is 0 Å². The van der Waals surface area contributed by atoms with E-state index < -0.39 is 0 Å². The van der Waals surface area contributed by atoms with Gasteiger partial charge in [0.1, 0.15) is 0 Å². The minimum Gasteiger partial charge on any atom is -0.293 e. The summed E-state index contributed by atoms with van der Waals surface area (Å²) in [4.78, 5) is 14.1. The molecule has 1 aromatic carbocycles. The van der Waals surface area contributed by atoms with Crippen molar-refractivity contribution in [2.75, 3.05) is 0 Å². The number of rotatable bonds is 3. The van der Waals surface area contributed by atoms with E-state index in [1.165, 1.54) is 10.4 Å². The molecular formula is C14H13ClOS. The molecule has 0 bridgehead atoms. The Hall–Kier alpha value is -1.12. The van der Waals surface area contributed by atoms with Gasteiger partial charge in [-0.2, -0.15) is 0 Å². The molecule has 2 aromatic rings. The van der Waals surface area contributed by atoms with Crippen LogP contribution in [0.25, 0.3) is 0 Å². The van der Waals surface area contributed by atoms with Gasteiger partial charge in [-0.15, -0.1) is 11.3 Å². The minimum atomic E-state index is 0.138. The highest BCUT2D eigenvalue weighted by molar-refractivity contribution is 7.14. The Labute approximate surface area is 110 Å². The van der Waals surface area contributed by atoms with E-state index in [1.54, 1.807) is 11.3 Å². The Bertz CT molecular complexity index is 538. The van der Waals surface area contributed by atoms with E-state index in [1.807, 2.05) is 44.2 Å². The zero-order chi connectivity index (χ0) is 12.4. The Balaban J connectivity index is 2.20. The third-order valence-electron chi connectivity index (χ3n) is 2.75. The number of halogens is 1. The predicted octanol–water partition coefficient (Wildman–Crippen LogP) is 4.44. The average molecular weight is 265 g/mol. The molecule has 0 amide bonds. The highest BCUT2D eigenvalue weighted by atomic mass is 35.5. The van der Waals surface area contributed by atoms with E-state index in [4.69, 9.17) is 11.6 Å². The standard InChI is InChI=1S/C14H13ClOS/c1-9-7-14(17-10(9)2)13(16)8-11-5-3-4-6-12(11)15/h3-7H,8H2,1-2H3. The zero-order valence-electron chi connectivity index (χ0n) is 9.79. The molecule has 1 heterocycles. The summed E-state index contributed by atoms with van der Waals surface area (Å²) < 4.78 is 0. The smallest absolute Gasteiger partial charge is 0.177 e. The van der Waals surface area contributed by atoms with Crippen LogP contribution in [-0.4, -0.2) is 5.78 Å². The summed E-state index contributed by atoms with van der Waals surface area (Å²) in [5.74, 6) is 0.138. The van der Waals surface area contributed by atoms with Gasteiger partial charge < -0.3 is 0 Å². The number of carbonyl (C=O) groups excluding carboxylic acids is 1. The molecule has 0 aliphatic rings. The van der Waals surface area contributed by atoms with Gasteiger partial charge in [-0.05, 0) is 37.1 Å². The van der Waals surface area contributed by atoms with Gasteiger partial charge in [0.05, 0.1) is 4.88 Å². The van der Waals surface area contributed by atoms with Crippen LogP contribution >= 0.6 is 22.9 Å². The third-order valence-corrected chi connectivity index (χ3v) is 4.31. The normalized spacial score (nSPS) is 10.5. The first kappa shape index (κ1) is 12.3. The third kappa shape index (κ3) is 2.76. The van der Waals surface area contributed by atoms with Crippen molar-refractivity contribution in [2.24, 2.45) is 0 Å². The first-order valence-electron chi connectivity index (χ1n) is 5.41. The average Bonchev–Trinajstić information content (AvgIpc) is 2.63. The molecule has 0 saturated heterocycles. The van der Waals surface area contributed by atoms with Gasteiger partial charge in [-0.1, -0.05) is 29.8 Å². The summed E-state index contributed by atoms with van der Waals surface area (Å²) in [6.45, 7) is 4.06. The number of hydrogen-bond acceptors (Lipinski definition) is 2. The predicted molar refractivity (Wildman–Crippen MR) is 73.3 cm³/mol. The molecule has 0 aliphatic carbocycles. The Morgan fingerprint density at radius 1 is 1.29 bits per heavy atom. The van der Waals surface area contributed by atoms with Crippen LogP contribution in [0, 0.1) is 13.8 Å². The first-order chi connectivity index (χ1) is 8.08. The number of hydrogen-bond donors (Lipinski definition) is 0. The van der Waals surface area contributed by atoms with Gasteiger partial charge in [0, 0.05) is 16.3 Å². The number of benzene rings is 1. The van der Waals surface area contributed by atoms with Gasteiger partial charge in [-0.25, -0.2) is 0 Å². The largest absolute Gasteiger partial charge is 0.293 e. The number of ketones is 1. The fraction of sp³-hybridized carbons (Fsp3) is 0.214. The zero-order valence-corrected chi connectivity index (χ0v) is 11.4. The van der Waals surface area contributed by atoms with Crippen molar-refractivity contribution >= 4 is 28.7 Å². The molecule has 0 aliphatic heterocycles. The maximum atomic E-state index is 12.1. The lowest BCUT2D eigenvalue weighted by Gasteiger charge is -2.01. The van der Waals surface area contributed by atoms with Gasteiger partial charge in [-0.3, -0.25) is 4.79 Å². The van der Waals surface area contributed by atoms with Gasteiger partial charge in [0.15, 0.2) is 5.78 Å². The van der Waals surface area contributed by atoms with Crippen molar-refractivity contribution in [3.8, 4) is 0 Å². The number of thiophene rings is 1. The van der Waals surface area contributed by atoms with Gasteiger partial charge >= 0.3 is 0 Å². The molecule has 88 valence electrons. The molecule has 2 rings (SSSR count). The van der Waals surface area contributed by atoms with Crippen LogP contribution in [0.1, 0.15) is 25.7 Å². The summed E-state index contributed by atoms with van der Waals surface area (Å²) in [5, 5.41) is 0.658. The Morgan fingerprint density at radius 2 is 2.00 bits per heavy atom.